The van der Waals surface area contributed by atoms with E-state index in [9.17, 15) is 13.5 Å². The summed E-state index contributed by atoms with van der Waals surface area (Å²) in [6.07, 6.45) is 0. The molecule has 2 aromatic rings. The van der Waals surface area contributed by atoms with E-state index >= 15 is 0 Å². The number of hydrogen-bond donors (Lipinski definition) is 1. The molecule has 0 aliphatic heterocycles. The predicted molar refractivity (Wildman–Crippen MR) is 101 cm³/mol. The van der Waals surface area contributed by atoms with Gasteiger partial charge in [0.05, 0.1) is 10.6 Å². The van der Waals surface area contributed by atoms with E-state index in [4.69, 9.17) is 12.2 Å². The fourth-order valence-electron chi connectivity index (χ4n) is 2.25. The molecular formula is C15H20N4O3S3. The summed E-state index contributed by atoms with van der Waals surface area (Å²) in [5.74, 6) is -0.0341. The highest BCUT2D eigenvalue weighted by Crippen LogP contribution is 2.35. The van der Waals surface area contributed by atoms with Crippen LogP contribution in [0.5, 0.6) is 5.88 Å². The van der Waals surface area contributed by atoms with E-state index in [1.165, 1.54) is 16.4 Å². The Balaban J connectivity index is 2.36. The maximum absolute atomic E-state index is 12.6. The van der Waals surface area contributed by atoms with Crippen LogP contribution in [0.2, 0.25) is 0 Å². The van der Waals surface area contributed by atoms with Crippen molar-refractivity contribution in [1.82, 2.24) is 8.87 Å². The third kappa shape index (κ3) is 4.14. The van der Waals surface area contributed by atoms with Crippen molar-refractivity contribution in [2.45, 2.75) is 32.2 Å². The Morgan fingerprint density at radius 2 is 1.92 bits per heavy atom. The third-order valence-electron chi connectivity index (χ3n) is 3.58. The van der Waals surface area contributed by atoms with Crippen molar-refractivity contribution < 1.29 is 13.5 Å². The molecule has 1 aromatic heterocycles. The van der Waals surface area contributed by atoms with E-state index in [0.29, 0.717) is 34.3 Å². The molecule has 7 nitrogen and oxygen atoms in total. The molecule has 0 amide bonds. The third-order valence-corrected chi connectivity index (χ3v) is 6.95. The Morgan fingerprint density at radius 3 is 2.48 bits per heavy atom. The molecule has 0 fully saturated rings. The Kier molecular flexibility index (Phi) is 6.44. The smallest absolute Gasteiger partial charge is 0.243 e. The fraction of sp³-hybridized carbons (Fsp3) is 0.400. The van der Waals surface area contributed by atoms with Gasteiger partial charge in [-0.2, -0.15) is 4.31 Å². The van der Waals surface area contributed by atoms with Gasteiger partial charge in [0, 0.05) is 19.6 Å². The van der Waals surface area contributed by atoms with Crippen molar-refractivity contribution in [2.24, 2.45) is 10.2 Å². The van der Waals surface area contributed by atoms with Crippen molar-refractivity contribution in [3.63, 3.8) is 0 Å². The van der Waals surface area contributed by atoms with Gasteiger partial charge in [0.1, 0.15) is 0 Å². The molecule has 0 atom stereocenters. The quantitative estimate of drug-likeness (QED) is 0.549. The fourth-order valence-corrected chi connectivity index (χ4v) is 4.98. The Labute approximate surface area is 156 Å². The van der Waals surface area contributed by atoms with E-state index in [1.807, 2.05) is 6.92 Å². The van der Waals surface area contributed by atoms with E-state index < -0.39 is 10.0 Å². The number of aromatic nitrogens is 1. The minimum absolute atomic E-state index is 0.0341. The van der Waals surface area contributed by atoms with Crippen LogP contribution in [0.1, 0.15) is 20.8 Å². The maximum atomic E-state index is 12.6. The number of benzene rings is 1. The molecule has 2 rings (SSSR count). The van der Waals surface area contributed by atoms with Gasteiger partial charge < -0.3 is 5.11 Å². The van der Waals surface area contributed by atoms with Gasteiger partial charge >= 0.3 is 0 Å². The molecule has 0 saturated heterocycles. The van der Waals surface area contributed by atoms with E-state index in [1.54, 1.807) is 30.5 Å². The van der Waals surface area contributed by atoms with Gasteiger partial charge in [-0.25, -0.2) is 8.42 Å². The SMILES string of the molecule is CCN(CC)S(=O)(=O)c1cccc(N=Nc2sc(=S)n(CC)c2O)c1. The van der Waals surface area contributed by atoms with Crippen molar-refractivity contribution in [1.29, 1.82) is 0 Å². The number of thiazole rings is 1. The molecule has 0 spiro atoms. The van der Waals surface area contributed by atoms with Crippen LogP contribution >= 0.6 is 23.6 Å². The molecule has 1 N–H and O–H groups in total. The highest BCUT2D eigenvalue weighted by molar-refractivity contribution is 7.89. The molecule has 136 valence electrons. The van der Waals surface area contributed by atoms with Gasteiger partial charge in [-0.05, 0) is 37.3 Å². The van der Waals surface area contributed by atoms with Gasteiger partial charge in [-0.1, -0.05) is 31.3 Å². The first-order valence-electron chi connectivity index (χ1n) is 7.79. The van der Waals surface area contributed by atoms with Crippen molar-refractivity contribution >= 4 is 44.3 Å². The molecule has 25 heavy (non-hydrogen) atoms. The minimum atomic E-state index is -3.56. The van der Waals surface area contributed by atoms with Gasteiger partial charge in [0.25, 0.3) is 0 Å². The maximum Gasteiger partial charge on any atom is 0.243 e. The van der Waals surface area contributed by atoms with Crippen molar-refractivity contribution in [3.05, 3.63) is 28.2 Å². The standard InChI is InChI=1S/C15H20N4O3S3/c1-4-18(5-2)25(21,22)12-9-7-8-11(10-12)16-17-13-14(20)19(6-3)15(23)24-13/h7-10,20H,4-6H2,1-3H3. The van der Waals surface area contributed by atoms with E-state index in [-0.39, 0.29) is 10.8 Å². The Bertz CT molecular complexity index is 928. The number of rotatable bonds is 7. The van der Waals surface area contributed by atoms with Crippen LogP contribution in [-0.2, 0) is 16.6 Å². The Morgan fingerprint density at radius 1 is 1.24 bits per heavy atom. The van der Waals surface area contributed by atoms with Crippen LogP contribution in [0.25, 0.3) is 0 Å². The van der Waals surface area contributed by atoms with E-state index in [0.717, 1.165) is 11.3 Å². The predicted octanol–water partition coefficient (Wildman–Crippen LogP) is 4.45. The first kappa shape index (κ1) is 19.7. The second-order valence-electron chi connectivity index (χ2n) is 5.03. The molecule has 10 heteroatoms. The first-order valence-corrected chi connectivity index (χ1v) is 10.5. The number of nitrogens with zero attached hydrogens (tertiary/aromatic N) is 4. The molecular weight excluding hydrogens is 380 g/mol. The van der Waals surface area contributed by atoms with Gasteiger partial charge in [-0.15, -0.1) is 10.2 Å². The summed E-state index contributed by atoms with van der Waals surface area (Å²) in [6, 6.07) is 6.26. The average molecular weight is 401 g/mol. The topological polar surface area (TPSA) is 87.3 Å². The second kappa shape index (κ2) is 8.17. The molecule has 1 aromatic carbocycles. The molecule has 0 aliphatic rings. The van der Waals surface area contributed by atoms with Crippen molar-refractivity contribution in [3.8, 4) is 5.88 Å². The summed E-state index contributed by atoms with van der Waals surface area (Å²) in [5.41, 5.74) is 0.384. The lowest BCUT2D eigenvalue weighted by molar-refractivity contribution is 0.421. The highest BCUT2D eigenvalue weighted by atomic mass is 32.2. The monoisotopic (exact) mass is 400 g/mol. The molecule has 0 radical (unpaired) electrons. The molecule has 0 unspecified atom stereocenters. The number of aromatic hydroxyl groups is 1. The largest absolute Gasteiger partial charge is 0.492 e. The first-order chi connectivity index (χ1) is 11.8. The number of azo groups is 1. The lowest BCUT2D eigenvalue weighted by Gasteiger charge is -2.18. The summed E-state index contributed by atoms with van der Waals surface area (Å²) >= 11 is 6.30. The van der Waals surface area contributed by atoms with Gasteiger partial charge in [0.15, 0.2) is 3.95 Å². The lowest BCUT2D eigenvalue weighted by Crippen LogP contribution is -2.30. The van der Waals surface area contributed by atoms with Crippen LogP contribution in [0.15, 0.2) is 39.4 Å². The zero-order valence-electron chi connectivity index (χ0n) is 14.2. The lowest BCUT2D eigenvalue weighted by atomic mass is 10.3. The van der Waals surface area contributed by atoms with E-state index in [2.05, 4.69) is 10.2 Å². The summed E-state index contributed by atoms with van der Waals surface area (Å²) in [6.45, 7) is 6.77. The Hall–Kier alpha value is -1.62. The summed E-state index contributed by atoms with van der Waals surface area (Å²) in [4.78, 5) is 0.163. The molecule has 1 heterocycles. The van der Waals surface area contributed by atoms with Crippen LogP contribution in [0, 0.1) is 3.95 Å². The highest BCUT2D eigenvalue weighted by Gasteiger charge is 2.21. The summed E-state index contributed by atoms with van der Waals surface area (Å²) in [5, 5.41) is 18.4. The van der Waals surface area contributed by atoms with Crippen LogP contribution in [-0.4, -0.2) is 35.5 Å². The summed E-state index contributed by atoms with van der Waals surface area (Å²) in [7, 11) is -3.56. The number of hydrogen-bond acceptors (Lipinski definition) is 7. The molecule has 0 saturated carbocycles. The van der Waals surface area contributed by atoms with Crippen LogP contribution in [0.3, 0.4) is 0 Å². The number of sulfonamides is 1. The zero-order valence-corrected chi connectivity index (χ0v) is 16.7. The molecule has 0 aliphatic carbocycles. The van der Waals surface area contributed by atoms with Crippen LogP contribution in [0.4, 0.5) is 10.7 Å². The second-order valence-corrected chi connectivity index (χ2v) is 8.59. The van der Waals surface area contributed by atoms with Crippen molar-refractivity contribution in [2.75, 3.05) is 13.1 Å². The van der Waals surface area contributed by atoms with Crippen LogP contribution < -0.4 is 0 Å². The normalized spacial score (nSPS) is 12.3. The molecule has 0 bridgehead atoms. The zero-order chi connectivity index (χ0) is 18.6. The van der Waals surface area contributed by atoms with Gasteiger partial charge in [0.2, 0.25) is 20.9 Å². The average Bonchev–Trinajstić information content (AvgIpc) is 2.87. The summed E-state index contributed by atoms with van der Waals surface area (Å²) < 4.78 is 28.6. The van der Waals surface area contributed by atoms with Gasteiger partial charge in [-0.3, -0.25) is 4.57 Å². The minimum Gasteiger partial charge on any atom is -0.492 e.